The zero-order valence-corrected chi connectivity index (χ0v) is 8.45. The van der Waals surface area contributed by atoms with Gasteiger partial charge in [-0.1, -0.05) is 0 Å². The van der Waals surface area contributed by atoms with Crippen LogP contribution in [0.15, 0.2) is 4.90 Å². The SMILES string of the molecule is Cc1c(S(=O)(=O)F)c(C(F)(F)F)nn1C. The molecule has 0 N–H and O–H groups in total. The van der Waals surface area contributed by atoms with Gasteiger partial charge >= 0.3 is 16.4 Å². The van der Waals surface area contributed by atoms with Crippen molar-refractivity contribution in [2.45, 2.75) is 18.0 Å². The number of alkyl halides is 3. The third-order valence-electron chi connectivity index (χ3n) is 1.79. The molecule has 1 aromatic heterocycles. The Kier molecular flexibility index (Phi) is 2.54. The van der Waals surface area contributed by atoms with Gasteiger partial charge in [-0.2, -0.15) is 26.7 Å². The monoisotopic (exact) mass is 246 g/mol. The normalized spacial score (nSPS) is 13.2. The average Bonchev–Trinajstić information content (AvgIpc) is 2.25. The quantitative estimate of drug-likeness (QED) is 0.556. The lowest BCUT2D eigenvalue weighted by Gasteiger charge is -2.02. The third kappa shape index (κ3) is 2.11. The molecule has 9 heteroatoms. The summed E-state index contributed by atoms with van der Waals surface area (Å²) in [5, 5.41) is 2.92. The summed E-state index contributed by atoms with van der Waals surface area (Å²) in [5.74, 6) is 0. The molecule has 0 aliphatic heterocycles. The highest BCUT2D eigenvalue weighted by atomic mass is 32.3. The molecule has 0 amide bonds. The van der Waals surface area contributed by atoms with E-state index in [1.165, 1.54) is 0 Å². The van der Waals surface area contributed by atoms with Gasteiger partial charge < -0.3 is 0 Å². The lowest BCUT2D eigenvalue weighted by molar-refractivity contribution is -0.143. The average molecular weight is 246 g/mol. The maximum Gasteiger partial charge on any atom is 0.436 e. The molecule has 1 aromatic rings. The largest absolute Gasteiger partial charge is 0.436 e. The van der Waals surface area contributed by atoms with Crippen molar-refractivity contribution in [3.63, 3.8) is 0 Å². The highest BCUT2D eigenvalue weighted by Gasteiger charge is 2.42. The molecule has 0 bridgehead atoms. The van der Waals surface area contributed by atoms with Crippen molar-refractivity contribution < 1.29 is 25.5 Å². The molecule has 4 nitrogen and oxygen atoms in total. The lowest BCUT2D eigenvalue weighted by Crippen LogP contribution is -2.11. The summed E-state index contributed by atoms with van der Waals surface area (Å²) >= 11 is 0. The zero-order valence-electron chi connectivity index (χ0n) is 7.63. The molecule has 86 valence electrons. The molecular formula is C6H6F4N2O2S. The predicted molar refractivity (Wildman–Crippen MR) is 41.2 cm³/mol. The Bertz CT molecular complexity index is 488. The van der Waals surface area contributed by atoms with E-state index in [4.69, 9.17) is 0 Å². The van der Waals surface area contributed by atoms with Crippen molar-refractivity contribution in [1.29, 1.82) is 0 Å². The first-order valence-corrected chi connectivity index (χ1v) is 4.99. The molecule has 1 rings (SSSR count). The third-order valence-corrected chi connectivity index (χ3v) is 2.77. The van der Waals surface area contributed by atoms with Crippen molar-refractivity contribution in [2.24, 2.45) is 7.05 Å². The van der Waals surface area contributed by atoms with Gasteiger partial charge in [0.2, 0.25) is 0 Å². The molecule has 0 radical (unpaired) electrons. The Morgan fingerprint density at radius 3 is 2.07 bits per heavy atom. The molecule has 0 saturated heterocycles. The minimum Gasteiger partial charge on any atom is -0.271 e. The van der Waals surface area contributed by atoms with Crippen LogP contribution in [0.1, 0.15) is 11.4 Å². The standard InChI is InChI=1S/C6H6F4N2O2S/c1-3-4(15(10,13)14)5(6(7,8)9)11-12(3)2/h1-2H3. The molecule has 0 unspecified atom stereocenters. The Balaban J connectivity index is 3.63. The fourth-order valence-corrected chi connectivity index (χ4v) is 1.94. The fraction of sp³-hybridized carbons (Fsp3) is 0.500. The number of hydrogen-bond acceptors (Lipinski definition) is 3. The maximum atomic E-state index is 12.6. The van der Waals surface area contributed by atoms with Crippen LogP contribution in [0.2, 0.25) is 0 Å². The summed E-state index contributed by atoms with van der Waals surface area (Å²) in [4.78, 5) is -1.42. The number of aromatic nitrogens is 2. The van der Waals surface area contributed by atoms with Gasteiger partial charge in [-0.15, -0.1) is 3.89 Å². The van der Waals surface area contributed by atoms with E-state index in [1.54, 1.807) is 0 Å². The smallest absolute Gasteiger partial charge is 0.271 e. The highest BCUT2D eigenvalue weighted by molar-refractivity contribution is 7.86. The molecule has 0 saturated carbocycles. The second-order valence-corrected chi connectivity index (χ2v) is 4.11. The van der Waals surface area contributed by atoms with Crippen LogP contribution in [-0.4, -0.2) is 18.2 Å². The minimum absolute atomic E-state index is 0.398. The Morgan fingerprint density at radius 2 is 1.80 bits per heavy atom. The van der Waals surface area contributed by atoms with Crippen molar-refractivity contribution >= 4 is 10.2 Å². The van der Waals surface area contributed by atoms with E-state index >= 15 is 0 Å². The molecule has 15 heavy (non-hydrogen) atoms. The maximum absolute atomic E-state index is 12.6. The van der Waals surface area contributed by atoms with Crippen LogP contribution in [-0.2, 0) is 23.4 Å². The van der Waals surface area contributed by atoms with Crippen molar-refractivity contribution in [3.05, 3.63) is 11.4 Å². The van der Waals surface area contributed by atoms with Gasteiger partial charge in [-0.25, -0.2) is 0 Å². The van der Waals surface area contributed by atoms with Gasteiger partial charge in [0.25, 0.3) is 0 Å². The van der Waals surface area contributed by atoms with Crippen molar-refractivity contribution in [3.8, 4) is 0 Å². The number of hydrogen-bond donors (Lipinski definition) is 0. The van der Waals surface area contributed by atoms with Gasteiger partial charge in [-0.05, 0) is 6.92 Å². The van der Waals surface area contributed by atoms with Gasteiger partial charge in [-0.3, -0.25) is 4.68 Å². The van der Waals surface area contributed by atoms with Crippen LogP contribution >= 0.6 is 0 Å². The van der Waals surface area contributed by atoms with Crippen LogP contribution in [0.3, 0.4) is 0 Å². The van der Waals surface area contributed by atoms with Crippen LogP contribution in [0.4, 0.5) is 17.1 Å². The number of nitrogens with zero attached hydrogens (tertiary/aromatic N) is 2. The van der Waals surface area contributed by atoms with Crippen molar-refractivity contribution in [1.82, 2.24) is 9.78 Å². The summed E-state index contributed by atoms with van der Waals surface area (Å²) in [6.07, 6.45) is -5.00. The first kappa shape index (κ1) is 12.0. The molecule has 0 aliphatic rings. The second kappa shape index (κ2) is 3.19. The van der Waals surface area contributed by atoms with E-state index in [1.807, 2.05) is 0 Å². The lowest BCUT2D eigenvalue weighted by atomic mass is 10.3. The van der Waals surface area contributed by atoms with Gasteiger partial charge in [0.15, 0.2) is 10.6 Å². The van der Waals surface area contributed by atoms with Gasteiger partial charge in [0.05, 0.1) is 5.69 Å². The summed E-state index contributed by atoms with van der Waals surface area (Å²) < 4.78 is 71.1. The molecule has 0 atom stereocenters. The van der Waals surface area contributed by atoms with Gasteiger partial charge in [0, 0.05) is 7.05 Å². The second-order valence-electron chi connectivity index (χ2n) is 2.82. The Hall–Kier alpha value is -1.12. The fourth-order valence-electron chi connectivity index (χ4n) is 1.07. The first-order chi connectivity index (χ1) is 6.55. The zero-order chi connectivity index (χ0) is 12.0. The summed E-state index contributed by atoms with van der Waals surface area (Å²) in [6.45, 7) is 1.04. The summed E-state index contributed by atoms with van der Waals surface area (Å²) in [6, 6.07) is 0. The number of aryl methyl sites for hydroxylation is 1. The molecular weight excluding hydrogens is 240 g/mol. The van der Waals surface area contributed by atoms with E-state index in [0.717, 1.165) is 14.0 Å². The van der Waals surface area contributed by atoms with Crippen LogP contribution in [0, 0.1) is 6.92 Å². The van der Waals surface area contributed by atoms with Crippen molar-refractivity contribution in [2.75, 3.05) is 0 Å². The van der Waals surface area contributed by atoms with Crippen LogP contribution in [0.25, 0.3) is 0 Å². The summed E-state index contributed by atoms with van der Waals surface area (Å²) in [7, 11) is -4.33. The number of rotatable bonds is 1. The molecule has 0 spiro atoms. The molecule has 1 heterocycles. The number of halogens is 4. The van der Waals surface area contributed by atoms with Gasteiger partial charge in [0.1, 0.15) is 0 Å². The highest BCUT2D eigenvalue weighted by Crippen LogP contribution is 2.35. The summed E-state index contributed by atoms with van der Waals surface area (Å²) in [5.41, 5.74) is -2.13. The Labute approximate surface area is 82.7 Å². The minimum atomic E-state index is -5.43. The van der Waals surface area contributed by atoms with E-state index in [0.29, 0.717) is 4.68 Å². The van der Waals surface area contributed by atoms with E-state index in [2.05, 4.69) is 5.10 Å². The van der Waals surface area contributed by atoms with E-state index < -0.39 is 32.7 Å². The Morgan fingerprint density at radius 1 is 1.33 bits per heavy atom. The van der Waals surface area contributed by atoms with E-state index in [9.17, 15) is 25.5 Å². The van der Waals surface area contributed by atoms with E-state index in [-0.39, 0.29) is 0 Å². The topological polar surface area (TPSA) is 52.0 Å². The molecule has 0 aromatic carbocycles. The molecule has 0 fully saturated rings. The van der Waals surface area contributed by atoms with Crippen LogP contribution in [0.5, 0.6) is 0 Å². The predicted octanol–water partition coefficient (Wildman–Crippen LogP) is 1.41. The first-order valence-electron chi connectivity index (χ1n) is 3.60. The molecule has 0 aliphatic carbocycles. The van der Waals surface area contributed by atoms with Crippen LogP contribution < -0.4 is 0 Å².